The molecule has 0 bridgehead atoms. The molecule has 2 heteroatoms. The van der Waals surface area contributed by atoms with Gasteiger partial charge in [0.05, 0.1) is 6.10 Å². The van der Waals surface area contributed by atoms with E-state index >= 15 is 0 Å². The minimum Gasteiger partial charge on any atom is -0.460 e. The number of ether oxygens (including phenoxy) is 1. The molecule has 2 nitrogen and oxygen atoms in total. The van der Waals surface area contributed by atoms with Gasteiger partial charge in [-0.05, 0) is 20.3 Å². The Hall–Kier alpha value is -1.05. The maximum absolute atomic E-state index is 10.8. The van der Waals surface area contributed by atoms with Gasteiger partial charge in [-0.15, -0.1) is 6.58 Å². The fourth-order valence-corrected chi connectivity index (χ4v) is 0.532. The second kappa shape index (κ2) is 5.71. The highest BCUT2D eigenvalue weighted by atomic mass is 16.5. The average Bonchev–Trinajstić information content (AvgIpc) is 1.86. The molecule has 62 valence electrons. The summed E-state index contributed by atoms with van der Waals surface area (Å²) in [6, 6.07) is 0. The predicted molar refractivity (Wildman–Crippen MR) is 45.2 cm³/mol. The molecule has 11 heavy (non-hydrogen) atoms. The molecular formula is C9H14O2. The van der Waals surface area contributed by atoms with Crippen LogP contribution in [0.1, 0.15) is 20.3 Å². The van der Waals surface area contributed by atoms with Crippen LogP contribution in [0, 0.1) is 0 Å². The van der Waals surface area contributed by atoms with Crippen LogP contribution in [0.2, 0.25) is 0 Å². The number of hydrogen-bond donors (Lipinski definition) is 0. The number of carbonyl (C=O) groups excluding carboxylic acids is 1. The van der Waals surface area contributed by atoms with Gasteiger partial charge in [0.25, 0.3) is 0 Å². The van der Waals surface area contributed by atoms with Gasteiger partial charge in [-0.1, -0.05) is 12.2 Å². The molecule has 0 aliphatic rings. The fourth-order valence-electron chi connectivity index (χ4n) is 0.532. The van der Waals surface area contributed by atoms with Crippen molar-refractivity contribution < 1.29 is 9.53 Å². The summed E-state index contributed by atoms with van der Waals surface area (Å²) in [6.45, 7) is 7.15. The van der Waals surface area contributed by atoms with Gasteiger partial charge in [0, 0.05) is 6.08 Å². The van der Waals surface area contributed by atoms with E-state index in [4.69, 9.17) is 4.74 Å². The Labute approximate surface area is 67.6 Å². The largest absolute Gasteiger partial charge is 0.460 e. The van der Waals surface area contributed by atoms with Crippen LogP contribution >= 0.6 is 0 Å². The van der Waals surface area contributed by atoms with Gasteiger partial charge in [-0.3, -0.25) is 0 Å². The summed E-state index contributed by atoms with van der Waals surface area (Å²) in [6.07, 6.45) is 5.52. The Morgan fingerprint density at radius 3 is 2.73 bits per heavy atom. The highest BCUT2D eigenvalue weighted by Crippen LogP contribution is 1.91. The van der Waals surface area contributed by atoms with Gasteiger partial charge >= 0.3 is 5.97 Å². The zero-order chi connectivity index (χ0) is 8.69. The molecule has 0 fully saturated rings. The third-order valence-electron chi connectivity index (χ3n) is 0.909. The smallest absolute Gasteiger partial charge is 0.330 e. The van der Waals surface area contributed by atoms with Crippen LogP contribution in [-0.2, 0) is 9.53 Å². The molecule has 0 aliphatic heterocycles. The lowest BCUT2D eigenvalue weighted by molar-refractivity contribution is -0.141. The maximum Gasteiger partial charge on any atom is 0.330 e. The Morgan fingerprint density at radius 2 is 2.27 bits per heavy atom. The first-order valence-corrected chi connectivity index (χ1v) is 3.65. The van der Waals surface area contributed by atoms with E-state index in [0.717, 1.165) is 0 Å². The van der Waals surface area contributed by atoms with Crippen molar-refractivity contribution in [2.75, 3.05) is 0 Å². The van der Waals surface area contributed by atoms with Crippen LogP contribution in [0.15, 0.2) is 24.8 Å². The minimum atomic E-state index is -0.290. The number of carbonyl (C=O) groups is 1. The summed E-state index contributed by atoms with van der Waals surface area (Å²) < 4.78 is 4.84. The zero-order valence-corrected chi connectivity index (χ0v) is 7.04. The third-order valence-corrected chi connectivity index (χ3v) is 0.909. The maximum atomic E-state index is 10.8. The normalized spacial score (nSPS) is 10.5. The first-order chi connectivity index (χ1) is 5.16. The number of esters is 1. The van der Waals surface area contributed by atoms with Gasteiger partial charge in [0.2, 0.25) is 0 Å². The second-order valence-electron chi connectivity index (χ2n) is 2.41. The summed E-state index contributed by atoms with van der Waals surface area (Å²) in [5, 5.41) is 0. The van der Waals surface area contributed by atoms with Crippen LogP contribution in [0.4, 0.5) is 0 Å². The lowest BCUT2D eigenvalue weighted by Crippen LogP contribution is -2.08. The Balaban J connectivity index is 3.59. The highest BCUT2D eigenvalue weighted by Gasteiger charge is 1.97. The topological polar surface area (TPSA) is 26.3 Å². The van der Waals surface area contributed by atoms with Crippen molar-refractivity contribution in [1.82, 2.24) is 0 Å². The molecule has 0 aromatic rings. The minimum absolute atomic E-state index is 0.0455. The SMILES string of the molecule is C=CCC=CC(=O)OC(C)C. The van der Waals surface area contributed by atoms with Gasteiger partial charge < -0.3 is 4.74 Å². The number of hydrogen-bond acceptors (Lipinski definition) is 2. The summed E-state index contributed by atoms with van der Waals surface area (Å²) >= 11 is 0. The fraction of sp³-hybridized carbons (Fsp3) is 0.444. The molecule has 0 saturated carbocycles. The van der Waals surface area contributed by atoms with Crippen LogP contribution in [-0.4, -0.2) is 12.1 Å². The van der Waals surface area contributed by atoms with E-state index < -0.39 is 0 Å². The van der Waals surface area contributed by atoms with E-state index in [-0.39, 0.29) is 12.1 Å². The molecule has 0 aliphatic carbocycles. The van der Waals surface area contributed by atoms with Crippen LogP contribution in [0.25, 0.3) is 0 Å². The number of rotatable bonds is 4. The summed E-state index contributed by atoms with van der Waals surface area (Å²) in [7, 11) is 0. The van der Waals surface area contributed by atoms with Gasteiger partial charge in [-0.25, -0.2) is 4.79 Å². The molecular weight excluding hydrogens is 140 g/mol. The molecule has 0 aromatic heterocycles. The summed E-state index contributed by atoms with van der Waals surface area (Å²) in [5.41, 5.74) is 0. The Morgan fingerprint density at radius 1 is 1.64 bits per heavy atom. The van der Waals surface area contributed by atoms with Gasteiger partial charge in [0.15, 0.2) is 0 Å². The standard InChI is InChI=1S/C9H14O2/c1-4-5-6-7-9(10)11-8(2)3/h4,6-8H,1,5H2,2-3H3. The molecule has 0 N–H and O–H groups in total. The summed E-state index contributed by atoms with van der Waals surface area (Å²) in [5.74, 6) is -0.290. The van der Waals surface area contributed by atoms with Crippen LogP contribution < -0.4 is 0 Å². The molecule has 0 unspecified atom stereocenters. The first kappa shape index (κ1) is 9.95. The van der Waals surface area contributed by atoms with Crippen LogP contribution in [0.3, 0.4) is 0 Å². The van der Waals surface area contributed by atoms with Crippen molar-refractivity contribution in [2.45, 2.75) is 26.4 Å². The van der Waals surface area contributed by atoms with E-state index in [2.05, 4.69) is 6.58 Å². The van der Waals surface area contributed by atoms with E-state index in [1.54, 1.807) is 12.2 Å². The molecule has 0 heterocycles. The van der Waals surface area contributed by atoms with Gasteiger partial charge in [-0.2, -0.15) is 0 Å². The van der Waals surface area contributed by atoms with E-state index in [1.807, 2.05) is 13.8 Å². The van der Waals surface area contributed by atoms with Crippen molar-refractivity contribution in [3.05, 3.63) is 24.8 Å². The lowest BCUT2D eigenvalue weighted by Gasteiger charge is -2.03. The molecule has 0 atom stereocenters. The highest BCUT2D eigenvalue weighted by molar-refractivity contribution is 5.81. The van der Waals surface area contributed by atoms with Crippen molar-refractivity contribution in [2.24, 2.45) is 0 Å². The van der Waals surface area contributed by atoms with Crippen molar-refractivity contribution in [3.8, 4) is 0 Å². The quantitative estimate of drug-likeness (QED) is 0.352. The monoisotopic (exact) mass is 154 g/mol. The zero-order valence-electron chi connectivity index (χ0n) is 7.04. The van der Waals surface area contributed by atoms with Gasteiger partial charge in [0.1, 0.15) is 0 Å². The van der Waals surface area contributed by atoms with E-state index in [0.29, 0.717) is 6.42 Å². The molecule has 0 radical (unpaired) electrons. The second-order valence-corrected chi connectivity index (χ2v) is 2.41. The third kappa shape index (κ3) is 6.84. The Bertz CT molecular complexity index is 157. The van der Waals surface area contributed by atoms with E-state index in [9.17, 15) is 4.79 Å². The molecule has 0 saturated heterocycles. The number of allylic oxidation sites excluding steroid dienone is 2. The van der Waals surface area contributed by atoms with Crippen LogP contribution in [0.5, 0.6) is 0 Å². The predicted octanol–water partition coefficient (Wildman–Crippen LogP) is 2.07. The molecule has 0 spiro atoms. The van der Waals surface area contributed by atoms with E-state index in [1.165, 1.54) is 6.08 Å². The molecule has 0 aromatic carbocycles. The average molecular weight is 154 g/mol. The van der Waals surface area contributed by atoms with Crippen molar-refractivity contribution in [1.29, 1.82) is 0 Å². The first-order valence-electron chi connectivity index (χ1n) is 3.65. The Kier molecular flexibility index (Phi) is 5.17. The lowest BCUT2D eigenvalue weighted by atomic mass is 10.4. The molecule has 0 amide bonds. The summed E-state index contributed by atoms with van der Waals surface area (Å²) in [4.78, 5) is 10.8. The van der Waals surface area contributed by atoms with Crippen molar-refractivity contribution in [3.63, 3.8) is 0 Å². The van der Waals surface area contributed by atoms with Crippen molar-refractivity contribution >= 4 is 5.97 Å². The molecule has 0 rings (SSSR count).